The lowest BCUT2D eigenvalue weighted by Gasteiger charge is -2.12. The fraction of sp³-hybridized carbons (Fsp3) is 0.250. The van der Waals surface area contributed by atoms with E-state index in [9.17, 15) is 9.90 Å². The molecule has 4 aromatic rings. The second-order valence-corrected chi connectivity index (χ2v) is 8.26. The summed E-state index contributed by atoms with van der Waals surface area (Å²) >= 11 is 0. The van der Waals surface area contributed by atoms with E-state index in [1.165, 1.54) is 12.8 Å². The summed E-state index contributed by atoms with van der Waals surface area (Å²) < 4.78 is 1.73. The van der Waals surface area contributed by atoms with Crippen LogP contribution in [0.2, 0.25) is 0 Å². The van der Waals surface area contributed by atoms with E-state index in [2.05, 4.69) is 41.8 Å². The predicted octanol–water partition coefficient (Wildman–Crippen LogP) is 3.87. The van der Waals surface area contributed by atoms with Gasteiger partial charge in [0.25, 0.3) is 0 Å². The average molecular weight is 457 g/mol. The minimum absolute atomic E-state index is 0.0574. The van der Waals surface area contributed by atoms with Crippen molar-refractivity contribution in [2.45, 2.75) is 31.7 Å². The summed E-state index contributed by atoms with van der Waals surface area (Å²) in [4.78, 5) is 25.9. The maximum absolute atomic E-state index is 12.6. The number of aliphatic hydroxyl groups excluding tert-OH is 1. The molecule has 1 aliphatic carbocycles. The van der Waals surface area contributed by atoms with Gasteiger partial charge >= 0.3 is 6.03 Å². The molecule has 0 radical (unpaired) electrons. The van der Waals surface area contributed by atoms with Crippen LogP contribution in [0.25, 0.3) is 22.6 Å². The molecule has 0 bridgehead atoms. The highest BCUT2D eigenvalue weighted by atomic mass is 16.3. The first-order chi connectivity index (χ1) is 16.6. The zero-order valence-electron chi connectivity index (χ0n) is 18.6. The summed E-state index contributed by atoms with van der Waals surface area (Å²) in [6, 6.07) is 12.3. The van der Waals surface area contributed by atoms with Gasteiger partial charge in [-0.1, -0.05) is 12.1 Å². The molecule has 0 saturated heterocycles. The Kier molecular flexibility index (Phi) is 5.96. The number of nitrogens with one attached hydrogen (secondary N) is 2. The lowest BCUT2D eigenvalue weighted by Crippen LogP contribution is -2.21. The van der Waals surface area contributed by atoms with Crippen LogP contribution < -0.4 is 10.6 Å². The van der Waals surface area contributed by atoms with Gasteiger partial charge in [-0.2, -0.15) is 0 Å². The third-order valence-corrected chi connectivity index (χ3v) is 5.65. The number of nitrogens with zero attached hydrogens (tertiary/aromatic N) is 6. The van der Waals surface area contributed by atoms with Gasteiger partial charge in [-0.05, 0) is 55.7 Å². The number of hydrogen-bond acceptors (Lipinski definition) is 7. The number of anilines is 2. The second kappa shape index (κ2) is 9.36. The number of urea groups is 1. The van der Waals surface area contributed by atoms with Crippen molar-refractivity contribution in [1.29, 1.82) is 0 Å². The first kappa shape index (κ1) is 21.7. The highest BCUT2D eigenvalue weighted by molar-refractivity contribution is 5.99. The van der Waals surface area contributed by atoms with Gasteiger partial charge in [0, 0.05) is 29.6 Å². The largest absolute Gasteiger partial charge is 0.394 e. The van der Waals surface area contributed by atoms with Gasteiger partial charge in [0.2, 0.25) is 0 Å². The molecule has 0 aromatic carbocycles. The molecule has 5 rings (SSSR count). The van der Waals surface area contributed by atoms with E-state index in [-0.39, 0.29) is 12.6 Å². The molecule has 34 heavy (non-hydrogen) atoms. The molecule has 3 N–H and O–H groups in total. The van der Waals surface area contributed by atoms with Crippen LogP contribution in [0, 0.1) is 0 Å². The molecule has 2 amide bonds. The van der Waals surface area contributed by atoms with Crippen molar-refractivity contribution in [2.24, 2.45) is 0 Å². The smallest absolute Gasteiger partial charge is 0.326 e. The van der Waals surface area contributed by atoms with Crippen molar-refractivity contribution >= 4 is 17.7 Å². The lowest BCUT2D eigenvalue weighted by molar-refractivity contribution is 0.239. The molecule has 4 heterocycles. The van der Waals surface area contributed by atoms with E-state index in [0.29, 0.717) is 29.1 Å². The maximum Gasteiger partial charge on any atom is 0.326 e. The Morgan fingerprint density at radius 3 is 2.74 bits per heavy atom. The van der Waals surface area contributed by atoms with E-state index in [1.807, 2.05) is 25.3 Å². The minimum Gasteiger partial charge on any atom is -0.394 e. The number of carbonyl (C=O) groups is 1. The molecule has 10 heteroatoms. The van der Waals surface area contributed by atoms with Crippen molar-refractivity contribution in [2.75, 3.05) is 17.2 Å². The molecule has 1 unspecified atom stereocenters. The van der Waals surface area contributed by atoms with Gasteiger partial charge in [-0.15, -0.1) is 10.2 Å². The highest BCUT2D eigenvalue weighted by Crippen LogP contribution is 2.39. The lowest BCUT2D eigenvalue weighted by atomic mass is 10.1. The van der Waals surface area contributed by atoms with Crippen LogP contribution in [-0.2, 0) is 0 Å². The summed E-state index contributed by atoms with van der Waals surface area (Å²) in [5, 5.41) is 22.9. The van der Waals surface area contributed by atoms with Crippen molar-refractivity contribution in [3.05, 3.63) is 66.9 Å². The van der Waals surface area contributed by atoms with Crippen LogP contribution in [0.15, 0.2) is 61.2 Å². The van der Waals surface area contributed by atoms with E-state index < -0.39 is 6.03 Å². The number of carbonyl (C=O) groups excluding carboxylic acids is 1. The Bertz CT molecular complexity index is 1300. The molecular formula is C24H24N8O2. The third-order valence-electron chi connectivity index (χ3n) is 5.65. The monoisotopic (exact) mass is 456 g/mol. The van der Waals surface area contributed by atoms with Crippen LogP contribution >= 0.6 is 0 Å². The fourth-order valence-electron chi connectivity index (χ4n) is 3.60. The second-order valence-electron chi connectivity index (χ2n) is 8.26. The Labute approximate surface area is 196 Å². The molecule has 0 spiro atoms. The molecule has 1 atom stereocenters. The third kappa shape index (κ3) is 4.76. The summed E-state index contributed by atoms with van der Waals surface area (Å²) in [7, 11) is 0. The Hall–Kier alpha value is -4.18. The van der Waals surface area contributed by atoms with Gasteiger partial charge in [-0.3, -0.25) is 15.6 Å². The number of amides is 2. The zero-order chi connectivity index (χ0) is 23.5. The van der Waals surface area contributed by atoms with Crippen LogP contribution in [0.3, 0.4) is 0 Å². The van der Waals surface area contributed by atoms with E-state index in [4.69, 9.17) is 0 Å². The fourth-order valence-corrected chi connectivity index (χ4v) is 3.60. The molecular weight excluding hydrogens is 432 g/mol. The zero-order valence-corrected chi connectivity index (χ0v) is 18.6. The van der Waals surface area contributed by atoms with E-state index >= 15 is 0 Å². The normalized spacial score (nSPS) is 13.9. The van der Waals surface area contributed by atoms with Crippen LogP contribution in [-0.4, -0.2) is 47.5 Å². The highest BCUT2D eigenvalue weighted by Gasteiger charge is 2.24. The van der Waals surface area contributed by atoms with Gasteiger partial charge in [0.15, 0.2) is 5.82 Å². The maximum atomic E-state index is 12.6. The van der Waals surface area contributed by atoms with Gasteiger partial charge < -0.3 is 9.67 Å². The van der Waals surface area contributed by atoms with E-state index in [0.717, 1.165) is 16.8 Å². The van der Waals surface area contributed by atoms with Crippen molar-refractivity contribution < 1.29 is 9.90 Å². The Morgan fingerprint density at radius 1 is 1.12 bits per heavy atom. The number of rotatable bonds is 7. The topological polar surface area (TPSA) is 131 Å². The van der Waals surface area contributed by atoms with Crippen LogP contribution in [0.4, 0.5) is 16.4 Å². The average Bonchev–Trinajstić information content (AvgIpc) is 3.60. The van der Waals surface area contributed by atoms with Crippen LogP contribution in [0.5, 0.6) is 0 Å². The molecule has 1 saturated carbocycles. The minimum atomic E-state index is -0.471. The molecule has 4 aromatic heterocycles. The standard InChI is InChI=1S/C24H24N8O2/c1-15(13-33)32-14-27-31-23(32)20-3-2-4-21(28-20)29-24(34)30-22-11-17(9-10-25-22)18-7-8-19(26-12-18)16-5-6-16/h2-4,7-12,14-16,33H,5-6,13H2,1H3,(H2,25,28,29,30,34). The Morgan fingerprint density at radius 2 is 1.97 bits per heavy atom. The number of pyridine rings is 3. The first-order valence-electron chi connectivity index (χ1n) is 11.1. The Balaban J connectivity index is 1.27. The predicted molar refractivity (Wildman–Crippen MR) is 127 cm³/mol. The number of hydrogen-bond donors (Lipinski definition) is 3. The summed E-state index contributed by atoms with van der Waals surface area (Å²) in [6.07, 6.45) is 7.47. The molecule has 10 nitrogen and oxygen atoms in total. The summed E-state index contributed by atoms with van der Waals surface area (Å²) in [5.74, 6) is 1.86. The summed E-state index contributed by atoms with van der Waals surface area (Å²) in [6.45, 7) is 1.79. The molecule has 172 valence electrons. The van der Waals surface area contributed by atoms with Gasteiger partial charge in [0.1, 0.15) is 23.7 Å². The molecule has 1 aliphatic rings. The molecule has 1 fully saturated rings. The summed E-state index contributed by atoms with van der Waals surface area (Å²) in [5.41, 5.74) is 3.54. The first-order valence-corrected chi connectivity index (χ1v) is 11.1. The van der Waals surface area contributed by atoms with Crippen molar-refractivity contribution in [3.63, 3.8) is 0 Å². The number of aliphatic hydroxyl groups is 1. The quantitative estimate of drug-likeness (QED) is 0.385. The number of aromatic nitrogens is 6. The van der Waals surface area contributed by atoms with Crippen LogP contribution in [0.1, 0.15) is 37.4 Å². The molecule has 0 aliphatic heterocycles. The van der Waals surface area contributed by atoms with E-state index in [1.54, 1.807) is 41.4 Å². The van der Waals surface area contributed by atoms with Gasteiger partial charge in [-0.25, -0.2) is 14.8 Å². The van der Waals surface area contributed by atoms with Crippen molar-refractivity contribution in [1.82, 2.24) is 29.7 Å². The van der Waals surface area contributed by atoms with Crippen molar-refractivity contribution in [3.8, 4) is 22.6 Å². The van der Waals surface area contributed by atoms with Gasteiger partial charge in [0.05, 0.1) is 12.6 Å². The SMILES string of the molecule is CC(CO)n1cnnc1-c1cccc(NC(=O)Nc2cc(-c3ccc(C4CC4)nc3)ccn2)n1.